The van der Waals surface area contributed by atoms with Crippen LogP contribution in [0, 0.1) is 0 Å². The molecule has 7 heteroatoms. The second-order valence-electron chi connectivity index (χ2n) is 6.65. The van der Waals surface area contributed by atoms with Crippen LogP contribution < -0.4 is 10.6 Å². The van der Waals surface area contributed by atoms with Crippen LogP contribution in [0.5, 0.6) is 0 Å². The highest BCUT2D eigenvalue weighted by Gasteiger charge is 2.19. The second-order valence-corrected chi connectivity index (χ2v) is 6.65. The summed E-state index contributed by atoms with van der Waals surface area (Å²) in [5, 5.41) is 15.1. The largest absolute Gasteiger partial charge is 0.480 e. The van der Waals surface area contributed by atoms with Gasteiger partial charge >= 0.3 is 5.97 Å². The average molecular weight is 347 g/mol. The van der Waals surface area contributed by atoms with Crippen molar-refractivity contribution in [1.29, 1.82) is 0 Å². The van der Waals surface area contributed by atoms with Crippen LogP contribution in [0.3, 0.4) is 0 Å². The quantitative estimate of drug-likeness (QED) is 0.706. The average Bonchev–Trinajstić information content (AvgIpc) is 2.60. The Kier molecular flexibility index (Phi) is 6.01. The maximum absolute atomic E-state index is 12.1. The lowest BCUT2D eigenvalue weighted by atomic mass is 9.99. The normalized spacial score (nSPS) is 18.6. The first-order valence-corrected chi connectivity index (χ1v) is 8.78. The molecule has 0 radical (unpaired) electrons. The summed E-state index contributed by atoms with van der Waals surface area (Å²) in [6, 6.07) is 5.84. The molecule has 0 bridgehead atoms. The maximum Gasteiger partial charge on any atom is 0.317 e. The lowest BCUT2D eigenvalue weighted by Gasteiger charge is -2.27. The third-order valence-electron chi connectivity index (χ3n) is 4.68. The van der Waals surface area contributed by atoms with Gasteiger partial charge in [-0.15, -0.1) is 0 Å². The number of carbonyl (C=O) groups is 2. The number of nitrogens with zero attached hydrogens (tertiary/aromatic N) is 1. The molecule has 25 heavy (non-hydrogen) atoms. The van der Waals surface area contributed by atoms with Crippen molar-refractivity contribution in [2.75, 3.05) is 38.1 Å². The molecule has 0 aliphatic carbocycles. The summed E-state index contributed by atoms with van der Waals surface area (Å²) in [5.41, 5.74) is 3.02. The summed E-state index contributed by atoms with van der Waals surface area (Å²) in [6.07, 6.45) is 2.85. The second kappa shape index (κ2) is 8.42. The number of nitrogens with one attached hydrogen (secondary N) is 2. The summed E-state index contributed by atoms with van der Waals surface area (Å²) in [6.45, 7) is 3.31. The number of piperidine rings is 1. The Hall–Kier alpha value is -1.96. The van der Waals surface area contributed by atoms with E-state index in [9.17, 15) is 9.59 Å². The summed E-state index contributed by atoms with van der Waals surface area (Å²) in [5.74, 6) is -0.973. The van der Waals surface area contributed by atoms with E-state index in [0.29, 0.717) is 6.54 Å². The lowest BCUT2D eigenvalue weighted by Crippen LogP contribution is -2.35. The standard InChI is InChI=1S/C18H25N3O4/c22-17(12-25-16-3-6-19-7-4-16)20-15-2-1-13-5-8-21(11-18(23)24)10-14(13)9-15/h1-2,9,16,19H,3-8,10-12H2,(H,20,22)(H,23,24). The monoisotopic (exact) mass is 347 g/mol. The van der Waals surface area contributed by atoms with Crippen molar-refractivity contribution in [2.45, 2.75) is 31.9 Å². The number of carbonyl (C=O) groups excluding carboxylic acids is 1. The molecule has 1 amide bonds. The fourth-order valence-electron chi connectivity index (χ4n) is 3.37. The Labute approximate surface area is 147 Å². The van der Waals surface area contributed by atoms with E-state index in [1.54, 1.807) is 0 Å². The van der Waals surface area contributed by atoms with Gasteiger partial charge in [0.25, 0.3) is 0 Å². The first kappa shape index (κ1) is 17.8. The Bertz CT molecular complexity index is 629. The van der Waals surface area contributed by atoms with E-state index < -0.39 is 5.97 Å². The van der Waals surface area contributed by atoms with E-state index in [2.05, 4.69) is 10.6 Å². The van der Waals surface area contributed by atoms with Gasteiger partial charge in [0.05, 0.1) is 12.6 Å². The number of benzene rings is 1. The minimum absolute atomic E-state index is 0.0418. The van der Waals surface area contributed by atoms with E-state index in [-0.39, 0.29) is 25.2 Å². The molecule has 1 fully saturated rings. The molecule has 3 rings (SSSR count). The number of aliphatic carboxylic acids is 1. The number of amides is 1. The summed E-state index contributed by atoms with van der Waals surface area (Å²) >= 11 is 0. The topological polar surface area (TPSA) is 90.9 Å². The van der Waals surface area contributed by atoms with Crippen molar-refractivity contribution in [1.82, 2.24) is 10.2 Å². The van der Waals surface area contributed by atoms with Gasteiger partial charge in [-0.2, -0.15) is 0 Å². The zero-order valence-corrected chi connectivity index (χ0v) is 14.3. The maximum atomic E-state index is 12.1. The Morgan fingerprint density at radius 3 is 2.84 bits per heavy atom. The Balaban J connectivity index is 1.52. The molecule has 0 aromatic heterocycles. The number of ether oxygens (including phenoxy) is 1. The number of anilines is 1. The van der Waals surface area contributed by atoms with Crippen LogP contribution in [-0.2, 0) is 27.3 Å². The Morgan fingerprint density at radius 1 is 1.28 bits per heavy atom. The summed E-state index contributed by atoms with van der Waals surface area (Å²) < 4.78 is 5.66. The van der Waals surface area contributed by atoms with Crippen LogP contribution in [0.25, 0.3) is 0 Å². The number of hydrogen-bond donors (Lipinski definition) is 3. The predicted molar refractivity (Wildman–Crippen MR) is 93.5 cm³/mol. The van der Waals surface area contributed by atoms with Crippen molar-refractivity contribution in [3.05, 3.63) is 29.3 Å². The number of carboxylic acids is 1. The molecule has 2 aliphatic heterocycles. The van der Waals surface area contributed by atoms with Gasteiger partial charge in [-0.1, -0.05) is 6.07 Å². The van der Waals surface area contributed by atoms with Crippen molar-refractivity contribution in [2.24, 2.45) is 0 Å². The van der Waals surface area contributed by atoms with Gasteiger partial charge in [-0.3, -0.25) is 14.5 Å². The highest BCUT2D eigenvalue weighted by Crippen LogP contribution is 2.22. The van der Waals surface area contributed by atoms with Crippen LogP contribution >= 0.6 is 0 Å². The van der Waals surface area contributed by atoms with Crippen molar-refractivity contribution < 1.29 is 19.4 Å². The van der Waals surface area contributed by atoms with Crippen LogP contribution in [-0.4, -0.2) is 60.8 Å². The molecule has 1 aromatic carbocycles. The third-order valence-corrected chi connectivity index (χ3v) is 4.68. The molecule has 1 saturated heterocycles. The summed E-state index contributed by atoms with van der Waals surface area (Å²) in [4.78, 5) is 24.9. The summed E-state index contributed by atoms with van der Waals surface area (Å²) in [7, 11) is 0. The van der Waals surface area contributed by atoms with Gasteiger partial charge in [0, 0.05) is 18.8 Å². The minimum Gasteiger partial charge on any atom is -0.480 e. The van der Waals surface area contributed by atoms with Gasteiger partial charge in [-0.25, -0.2) is 0 Å². The predicted octanol–water partition coefficient (Wildman–Crippen LogP) is 0.836. The minimum atomic E-state index is -0.817. The lowest BCUT2D eigenvalue weighted by molar-refractivity contribution is -0.138. The van der Waals surface area contributed by atoms with Crippen LogP contribution in [0.4, 0.5) is 5.69 Å². The van der Waals surface area contributed by atoms with Crippen LogP contribution in [0.1, 0.15) is 24.0 Å². The van der Waals surface area contributed by atoms with E-state index in [1.165, 1.54) is 5.56 Å². The van der Waals surface area contributed by atoms with E-state index in [1.807, 2.05) is 23.1 Å². The van der Waals surface area contributed by atoms with Crippen molar-refractivity contribution in [3.63, 3.8) is 0 Å². The fraction of sp³-hybridized carbons (Fsp3) is 0.556. The molecule has 7 nitrogen and oxygen atoms in total. The molecule has 2 heterocycles. The molecule has 3 N–H and O–H groups in total. The first-order valence-electron chi connectivity index (χ1n) is 8.78. The highest BCUT2D eigenvalue weighted by atomic mass is 16.5. The van der Waals surface area contributed by atoms with E-state index in [0.717, 1.165) is 50.1 Å². The van der Waals surface area contributed by atoms with Crippen molar-refractivity contribution >= 4 is 17.6 Å². The SMILES string of the molecule is O=C(O)CN1CCc2ccc(NC(=O)COC3CCNCC3)cc2C1. The zero-order chi connectivity index (χ0) is 17.6. The van der Waals surface area contributed by atoms with Gasteiger partial charge in [0.1, 0.15) is 6.61 Å². The smallest absolute Gasteiger partial charge is 0.317 e. The third kappa shape index (κ3) is 5.26. The van der Waals surface area contributed by atoms with Gasteiger partial charge in [0.2, 0.25) is 5.91 Å². The molecule has 2 aliphatic rings. The van der Waals surface area contributed by atoms with Crippen molar-refractivity contribution in [3.8, 4) is 0 Å². The molecule has 0 unspecified atom stereocenters. The number of rotatable bonds is 6. The molecule has 0 saturated carbocycles. The molecule has 1 aromatic rings. The van der Waals surface area contributed by atoms with E-state index >= 15 is 0 Å². The van der Waals surface area contributed by atoms with E-state index in [4.69, 9.17) is 9.84 Å². The van der Waals surface area contributed by atoms with Gasteiger partial charge in [-0.05, 0) is 55.6 Å². The number of carboxylic acid groups (broad SMARTS) is 1. The highest BCUT2D eigenvalue weighted by molar-refractivity contribution is 5.91. The fourth-order valence-corrected chi connectivity index (χ4v) is 3.37. The molecular formula is C18H25N3O4. The zero-order valence-electron chi connectivity index (χ0n) is 14.3. The van der Waals surface area contributed by atoms with Gasteiger partial charge in [0.15, 0.2) is 0 Å². The number of hydrogen-bond acceptors (Lipinski definition) is 5. The molecule has 136 valence electrons. The molecule has 0 atom stereocenters. The Morgan fingerprint density at radius 2 is 2.08 bits per heavy atom. The molecular weight excluding hydrogens is 322 g/mol. The molecule has 0 spiro atoms. The van der Waals surface area contributed by atoms with Crippen LogP contribution in [0.15, 0.2) is 18.2 Å². The number of fused-ring (bicyclic) bond motifs is 1. The first-order chi connectivity index (χ1) is 12.1. The van der Waals surface area contributed by atoms with Gasteiger partial charge < -0.3 is 20.5 Å². The van der Waals surface area contributed by atoms with Crippen LogP contribution in [0.2, 0.25) is 0 Å².